The summed E-state index contributed by atoms with van der Waals surface area (Å²) >= 11 is 6.78. The van der Waals surface area contributed by atoms with Gasteiger partial charge in [-0.25, -0.2) is 4.85 Å². The van der Waals surface area contributed by atoms with E-state index in [2.05, 4.69) is 46.1 Å². The third-order valence-corrected chi connectivity index (χ3v) is 9.91. The summed E-state index contributed by atoms with van der Waals surface area (Å²) in [6.07, 6.45) is 3.47. The maximum absolute atomic E-state index is 11.0. The molecule has 0 saturated heterocycles. The van der Waals surface area contributed by atoms with Crippen molar-refractivity contribution in [2.45, 2.75) is 71.4 Å². The SMILES string of the molecule is [C-]#[N+]c1cncc(COc2cc(OCc3cccc(-c4cccc(-c5ccc(OCCNC[C@@H](O)CC(=O)O)cn5)c4C)c3C)c(Cl)cc2CCC[C@@H](O)CC(=O)O)c1. The Bertz CT molecular complexity index is 2260. The number of halogens is 1. The Balaban J connectivity index is 1.28. The number of carboxylic acid groups (broad SMARTS) is 2. The van der Waals surface area contributed by atoms with Crippen LogP contribution in [0.3, 0.4) is 0 Å². The van der Waals surface area contributed by atoms with Crippen molar-refractivity contribution in [3.63, 3.8) is 0 Å². The molecule has 0 aliphatic carbocycles. The molecule has 0 aliphatic heterocycles. The maximum Gasteiger partial charge on any atom is 0.306 e. The first-order chi connectivity index (χ1) is 28.4. The van der Waals surface area contributed by atoms with Crippen molar-refractivity contribution in [1.29, 1.82) is 0 Å². The first kappa shape index (κ1) is 44.1. The van der Waals surface area contributed by atoms with Crippen LogP contribution in [-0.2, 0) is 29.2 Å². The van der Waals surface area contributed by atoms with Crippen LogP contribution in [0.5, 0.6) is 17.2 Å². The molecule has 2 atom stereocenters. The van der Waals surface area contributed by atoms with Crippen LogP contribution in [0.4, 0.5) is 5.69 Å². The van der Waals surface area contributed by atoms with Gasteiger partial charge in [-0.3, -0.25) is 19.6 Å². The average Bonchev–Trinajstić information content (AvgIpc) is 3.20. The van der Waals surface area contributed by atoms with E-state index < -0.39 is 24.1 Å². The summed E-state index contributed by atoms with van der Waals surface area (Å²) in [6.45, 7) is 12.7. The number of aryl methyl sites for hydroxylation is 1. The second-order valence-corrected chi connectivity index (χ2v) is 14.4. The van der Waals surface area contributed by atoms with E-state index >= 15 is 0 Å². The highest BCUT2D eigenvalue weighted by Crippen LogP contribution is 2.37. The molecule has 59 heavy (non-hydrogen) atoms. The zero-order valence-corrected chi connectivity index (χ0v) is 33.6. The number of ether oxygens (including phenoxy) is 3. The number of aliphatic hydroxyl groups excluding tert-OH is 2. The van der Waals surface area contributed by atoms with Crippen LogP contribution < -0.4 is 19.5 Å². The number of pyridine rings is 2. The quantitative estimate of drug-likeness (QED) is 0.0338. The van der Waals surface area contributed by atoms with Gasteiger partial charge in [0.15, 0.2) is 0 Å². The molecule has 5 N–H and O–H groups in total. The van der Waals surface area contributed by atoms with Gasteiger partial charge in [0.25, 0.3) is 0 Å². The standard InChI is InChI=1S/C45H47ClN4O9/c1-28-32(27-59-43-21-42(58-26-30-17-33(47-3)23-49-22-30)31(18-40(43)46)7-4-9-34(51)19-44(53)54)8-5-10-37(28)38-11-6-12-39(29(38)2)41-14-13-36(25-50-41)57-16-15-48-24-35(52)20-45(55)56/h5-6,8,10-14,17-18,21-23,25,34-35,48,51-52H,4,7,9,15-16,19-20,24,26-27H2,1-2H3,(H,53,54)(H,55,56)/t34-,35+/m1/s1. The lowest BCUT2D eigenvalue weighted by atomic mass is 9.90. The zero-order valence-electron chi connectivity index (χ0n) is 32.9. The van der Waals surface area contributed by atoms with Crippen molar-refractivity contribution in [1.82, 2.24) is 15.3 Å². The molecule has 0 saturated carbocycles. The van der Waals surface area contributed by atoms with Gasteiger partial charge in [0.2, 0.25) is 5.69 Å². The fourth-order valence-electron chi connectivity index (χ4n) is 6.52. The minimum absolute atomic E-state index is 0.141. The van der Waals surface area contributed by atoms with Crippen LogP contribution in [0.25, 0.3) is 27.2 Å². The van der Waals surface area contributed by atoms with E-state index in [0.717, 1.165) is 44.6 Å². The maximum atomic E-state index is 11.0. The van der Waals surface area contributed by atoms with Gasteiger partial charge < -0.3 is 40.0 Å². The van der Waals surface area contributed by atoms with Gasteiger partial charge >= 0.3 is 11.9 Å². The van der Waals surface area contributed by atoms with Gasteiger partial charge in [-0.15, -0.1) is 0 Å². The van der Waals surface area contributed by atoms with Crippen LogP contribution in [0.1, 0.15) is 53.5 Å². The number of hydrogen-bond donors (Lipinski definition) is 5. The second-order valence-electron chi connectivity index (χ2n) is 14.0. The fourth-order valence-corrected chi connectivity index (χ4v) is 6.76. The minimum Gasteiger partial charge on any atom is -0.491 e. The predicted octanol–water partition coefficient (Wildman–Crippen LogP) is 7.75. The largest absolute Gasteiger partial charge is 0.491 e. The smallest absolute Gasteiger partial charge is 0.306 e. The van der Waals surface area contributed by atoms with Crippen molar-refractivity contribution in [3.05, 3.63) is 130 Å². The van der Waals surface area contributed by atoms with Gasteiger partial charge in [0.1, 0.15) is 37.1 Å². The summed E-state index contributed by atoms with van der Waals surface area (Å²) in [5, 5.41) is 40.9. The Morgan fingerprint density at radius 3 is 2.25 bits per heavy atom. The lowest BCUT2D eigenvalue weighted by molar-refractivity contribution is -0.140. The first-order valence-corrected chi connectivity index (χ1v) is 19.5. The predicted molar refractivity (Wildman–Crippen MR) is 223 cm³/mol. The number of benzene rings is 3. The highest BCUT2D eigenvalue weighted by molar-refractivity contribution is 6.32. The van der Waals surface area contributed by atoms with Gasteiger partial charge in [0.05, 0.1) is 48.5 Å². The highest BCUT2D eigenvalue weighted by Gasteiger charge is 2.17. The molecule has 0 radical (unpaired) electrons. The Morgan fingerprint density at radius 1 is 0.814 bits per heavy atom. The molecule has 0 amide bonds. The average molecular weight is 823 g/mol. The van der Waals surface area contributed by atoms with Crippen molar-refractivity contribution >= 4 is 29.2 Å². The molecule has 0 aliphatic rings. The molecule has 0 bridgehead atoms. The summed E-state index contributed by atoms with van der Waals surface area (Å²) in [5.41, 5.74) is 8.75. The minimum atomic E-state index is -1.06. The van der Waals surface area contributed by atoms with Crippen LogP contribution in [0.2, 0.25) is 5.02 Å². The molecule has 0 spiro atoms. The topological polar surface area (TPSA) is 185 Å². The Kier molecular flexibility index (Phi) is 16.2. The van der Waals surface area contributed by atoms with Crippen molar-refractivity contribution in [2.24, 2.45) is 0 Å². The number of aromatic nitrogens is 2. The summed E-state index contributed by atoms with van der Waals surface area (Å²) in [7, 11) is 0. The van der Waals surface area contributed by atoms with Crippen LogP contribution >= 0.6 is 11.6 Å². The van der Waals surface area contributed by atoms with Gasteiger partial charge in [-0.2, -0.15) is 0 Å². The van der Waals surface area contributed by atoms with Crippen LogP contribution in [0, 0.1) is 20.4 Å². The van der Waals surface area contributed by atoms with E-state index in [1.165, 1.54) is 6.20 Å². The molecule has 308 valence electrons. The molecule has 5 rings (SSSR count). The molecule has 0 unspecified atom stereocenters. The molecular formula is C45H47ClN4O9. The van der Waals surface area contributed by atoms with Crippen molar-refractivity contribution in [2.75, 3.05) is 19.7 Å². The monoisotopic (exact) mass is 822 g/mol. The van der Waals surface area contributed by atoms with E-state index in [1.807, 2.05) is 36.4 Å². The molecule has 2 heterocycles. The van der Waals surface area contributed by atoms with Gasteiger partial charge in [-0.1, -0.05) is 48.0 Å². The molecule has 5 aromatic rings. The number of carbonyl (C=O) groups is 2. The molecule has 14 heteroatoms. The number of rotatable bonds is 22. The molecular weight excluding hydrogens is 776 g/mol. The fraction of sp³-hybridized carbons (Fsp3) is 0.311. The summed E-state index contributed by atoms with van der Waals surface area (Å²) in [6, 6.07) is 21.1. The normalized spacial score (nSPS) is 12.0. The number of hydrogen-bond acceptors (Lipinski definition) is 10. The van der Waals surface area contributed by atoms with Gasteiger partial charge in [-0.05, 0) is 96.3 Å². The van der Waals surface area contributed by atoms with Gasteiger partial charge in [0, 0.05) is 37.1 Å². The molecule has 3 aromatic carbocycles. The second kappa shape index (κ2) is 21.6. The summed E-state index contributed by atoms with van der Waals surface area (Å²) in [4.78, 5) is 34.0. The molecule has 13 nitrogen and oxygen atoms in total. The number of aliphatic carboxylic acids is 2. The van der Waals surface area contributed by atoms with E-state index in [-0.39, 0.29) is 32.6 Å². The van der Waals surface area contributed by atoms with E-state index in [0.29, 0.717) is 65.9 Å². The Labute approximate surface area is 348 Å². The van der Waals surface area contributed by atoms with Crippen molar-refractivity contribution < 1.29 is 44.2 Å². The summed E-state index contributed by atoms with van der Waals surface area (Å²) in [5.74, 6) is -0.597. The Hall–Kier alpha value is -6.04. The van der Waals surface area contributed by atoms with E-state index in [1.54, 1.807) is 30.6 Å². The molecule has 0 fully saturated rings. The number of nitrogens with one attached hydrogen (secondary N) is 1. The first-order valence-electron chi connectivity index (χ1n) is 19.1. The van der Waals surface area contributed by atoms with Crippen molar-refractivity contribution in [3.8, 4) is 39.6 Å². The number of carboxylic acids is 2. The number of aliphatic hydroxyl groups is 2. The molecule has 2 aromatic heterocycles. The third kappa shape index (κ3) is 13.0. The Morgan fingerprint density at radius 2 is 1.53 bits per heavy atom. The lowest BCUT2D eigenvalue weighted by Crippen LogP contribution is -2.31. The van der Waals surface area contributed by atoms with Crippen LogP contribution in [0.15, 0.2) is 85.3 Å². The van der Waals surface area contributed by atoms with E-state index in [4.69, 9.17) is 42.6 Å². The highest BCUT2D eigenvalue weighted by atomic mass is 35.5. The van der Waals surface area contributed by atoms with E-state index in [9.17, 15) is 19.8 Å². The summed E-state index contributed by atoms with van der Waals surface area (Å²) < 4.78 is 18.3. The van der Waals surface area contributed by atoms with Crippen LogP contribution in [-0.4, -0.2) is 74.2 Å². The lowest BCUT2D eigenvalue weighted by Gasteiger charge is -2.18. The zero-order chi connectivity index (χ0) is 42.3. The third-order valence-electron chi connectivity index (χ3n) is 9.62. The number of nitrogens with zero attached hydrogens (tertiary/aromatic N) is 3.